The summed E-state index contributed by atoms with van der Waals surface area (Å²) < 4.78 is 33.7. The van der Waals surface area contributed by atoms with Gasteiger partial charge in [-0.25, -0.2) is 18.6 Å². The molecular weight excluding hydrogens is 500 g/mol. The normalized spacial score (nSPS) is 19.2. The molecule has 0 aliphatic carbocycles. The Kier molecular flexibility index (Phi) is 6.39. The number of halogens is 2. The number of hydrogen-bond acceptors (Lipinski definition) is 4. The second kappa shape index (κ2) is 10.0. The largest absolute Gasteiger partial charge is 0.491 e. The molecule has 2 amide bonds. The quantitative estimate of drug-likeness (QED) is 0.341. The van der Waals surface area contributed by atoms with E-state index in [-0.39, 0.29) is 11.9 Å². The van der Waals surface area contributed by atoms with Crippen LogP contribution in [0.1, 0.15) is 35.8 Å². The Hall–Kier alpha value is -4.45. The predicted molar refractivity (Wildman–Crippen MR) is 142 cm³/mol. The van der Waals surface area contributed by atoms with Crippen molar-refractivity contribution in [3.8, 4) is 22.9 Å². The fourth-order valence-corrected chi connectivity index (χ4v) is 5.58. The van der Waals surface area contributed by atoms with E-state index in [9.17, 15) is 18.8 Å². The number of fused-ring (bicyclic) bond motifs is 2. The number of aryl methyl sites for hydroxylation is 1. The number of carbonyl (C=O) groups excluding carboxylic acids is 1. The number of piperidine rings is 1. The number of rotatable bonds is 2. The summed E-state index contributed by atoms with van der Waals surface area (Å²) in [6, 6.07) is 17.3. The first kappa shape index (κ1) is 24.9. The molecule has 2 atom stereocenters. The molecule has 6 rings (SSSR count). The second-order valence-electron chi connectivity index (χ2n) is 10.2. The van der Waals surface area contributed by atoms with E-state index in [4.69, 9.17) is 4.74 Å². The first-order chi connectivity index (χ1) is 18.9. The number of amides is 2. The van der Waals surface area contributed by atoms with E-state index in [2.05, 4.69) is 22.1 Å². The summed E-state index contributed by atoms with van der Waals surface area (Å²) in [6.07, 6.45) is 0.900. The summed E-state index contributed by atoms with van der Waals surface area (Å²) in [5, 5.41) is 9.53. The van der Waals surface area contributed by atoms with E-state index in [1.165, 1.54) is 6.07 Å². The van der Waals surface area contributed by atoms with E-state index in [1.807, 2.05) is 37.3 Å². The van der Waals surface area contributed by atoms with Crippen LogP contribution in [0.4, 0.5) is 13.6 Å². The number of aromatic amines is 1. The van der Waals surface area contributed by atoms with Gasteiger partial charge in [0, 0.05) is 12.1 Å². The lowest BCUT2D eigenvalue weighted by Gasteiger charge is -2.40. The number of nitriles is 1. The molecule has 7 nitrogen and oxygen atoms in total. The number of nitrogens with zero attached hydrogens (tertiary/aromatic N) is 4. The highest BCUT2D eigenvalue weighted by atomic mass is 19.2. The van der Waals surface area contributed by atoms with Crippen LogP contribution in [0.15, 0.2) is 54.6 Å². The topological polar surface area (TPSA) is 85.2 Å². The van der Waals surface area contributed by atoms with Crippen molar-refractivity contribution in [1.29, 1.82) is 5.26 Å². The van der Waals surface area contributed by atoms with Crippen LogP contribution < -0.4 is 4.74 Å². The van der Waals surface area contributed by atoms with Crippen molar-refractivity contribution in [3.05, 3.63) is 83.2 Å². The maximum Gasteiger partial charge on any atom is 0.320 e. The number of benzene rings is 3. The van der Waals surface area contributed by atoms with Gasteiger partial charge in [-0.1, -0.05) is 18.2 Å². The van der Waals surface area contributed by atoms with Crippen LogP contribution in [-0.2, 0) is 6.54 Å². The number of urea groups is 1. The molecule has 198 valence electrons. The van der Waals surface area contributed by atoms with E-state index in [0.29, 0.717) is 44.6 Å². The van der Waals surface area contributed by atoms with E-state index < -0.39 is 17.7 Å². The Morgan fingerprint density at radius 2 is 1.90 bits per heavy atom. The molecule has 1 saturated heterocycles. The van der Waals surface area contributed by atoms with Gasteiger partial charge in [-0.05, 0) is 72.9 Å². The Balaban J connectivity index is 1.28. The Morgan fingerprint density at radius 1 is 1.08 bits per heavy atom. The lowest BCUT2D eigenvalue weighted by atomic mass is 9.88. The summed E-state index contributed by atoms with van der Waals surface area (Å²) in [7, 11) is 0. The maximum atomic E-state index is 14.1. The van der Waals surface area contributed by atoms with Gasteiger partial charge in [-0.15, -0.1) is 0 Å². The Morgan fingerprint density at radius 3 is 2.72 bits per heavy atom. The van der Waals surface area contributed by atoms with E-state index in [1.54, 1.807) is 9.80 Å². The van der Waals surface area contributed by atoms with Crippen molar-refractivity contribution in [2.75, 3.05) is 19.7 Å². The average Bonchev–Trinajstić information content (AvgIpc) is 3.19. The van der Waals surface area contributed by atoms with Crippen molar-refractivity contribution in [2.24, 2.45) is 5.92 Å². The molecule has 2 aliphatic rings. The molecule has 1 N–H and O–H groups in total. The number of carbonyl (C=O) groups is 1. The highest BCUT2D eigenvalue weighted by molar-refractivity contribution is 5.82. The van der Waals surface area contributed by atoms with Gasteiger partial charge in [0.05, 0.1) is 42.2 Å². The number of ether oxygens (including phenoxy) is 1. The van der Waals surface area contributed by atoms with Crippen molar-refractivity contribution in [2.45, 2.75) is 32.4 Å². The van der Waals surface area contributed by atoms with Gasteiger partial charge in [0.25, 0.3) is 0 Å². The number of nitrogens with one attached hydrogen (secondary N) is 1. The average molecular weight is 528 g/mol. The van der Waals surface area contributed by atoms with Gasteiger partial charge < -0.3 is 19.5 Å². The fraction of sp³-hybridized carbons (Fsp3) is 0.300. The van der Waals surface area contributed by atoms with Crippen LogP contribution in [0.2, 0.25) is 0 Å². The molecule has 39 heavy (non-hydrogen) atoms. The third-order valence-corrected chi connectivity index (χ3v) is 7.60. The standard InChI is InChI=1S/C30H27F2N5O2/c1-18-34-26-6-3-21(15-27(26)35-18)20-4-7-29-23(13-20)17-36(10-11-39-29)30(38)37-9-8-19(16-33)12-28(37)22-2-5-24(31)25(32)14-22/h2-7,13-15,19,28H,8-12,17H2,1H3,(H,34,35)/t19-,28-/m1/s1. The summed E-state index contributed by atoms with van der Waals surface area (Å²) in [5.41, 5.74) is 5.25. The zero-order valence-electron chi connectivity index (χ0n) is 21.5. The van der Waals surface area contributed by atoms with Crippen LogP contribution in [0.5, 0.6) is 5.75 Å². The lowest BCUT2D eigenvalue weighted by Crippen LogP contribution is -2.48. The van der Waals surface area contributed by atoms with E-state index in [0.717, 1.165) is 51.4 Å². The number of imidazole rings is 1. The third kappa shape index (κ3) is 4.78. The number of hydrogen-bond donors (Lipinski definition) is 1. The van der Waals surface area contributed by atoms with Crippen molar-refractivity contribution >= 4 is 17.1 Å². The third-order valence-electron chi connectivity index (χ3n) is 7.60. The minimum Gasteiger partial charge on any atom is -0.491 e. The van der Waals surface area contributed by atoms with Crippen LogP contribution in [0.3, 0.4) is 0 Å². The van der Waals surface area contributed by atoms with Crippen molar-refractivity contribution in [3.63, 3.8) is 0 Å². The van der Waals surface area contributed by atoms with Crippen LogP contribution in [0.25, 0.3) is 22.2 Å². The second-order valence-corrected chi connectivity index (χ2v) is 10.2. The summed E-state index contributed by atoms with van der Waals surface area (Å²) in [4.78, 5) is 25.0. The first-order valence-corrected chi connectivity index (χ1v) is 13.0. The van der Waals surface area contributed by atoms with Crippen LogP contribution >= 0.6 is 0 Å². The van der Waals surface area contributed by atoms with Gasteiger partial charge in [-0.3, -0.25) is 0 Å². The van der Waals surface area contributed by atoms with Gasteiger partial charge in [0.1, 0.15) is 18.2 Å². The maximum absolute atomic E-state index is 14.1. The number of aromatic nitrogens is 2. The smallest absolute Gasteiger partial charge is 0.320 e. The molecule has 3 heterocycles. The molecule has 0 bridgehead atoms. The van der Waals surface area contributed by atoms with Crippen LogP contribution in [0, 0.1) is 35.8 Å². The van der Waals surface area contributed by atoms with Gasteiger partial charge in [0.15, 0.2) is 11.6 Å². The number of likely N-dealkylation sites (tertiary alicyclic amines) is 1. The van der Waals surface area contributed by atoms with Gasteiger partial charge >= 0.3 is 6.03 Å². The van der Waals surface area contributed by atoms with Gasteiger partial charge in [-0.2, -0.15) is 5.26 Å². The molecule has 1 aromatic heterocycles. The number of H-pyrrole nitrogens is 1. The monoisotopic (exact) mass is 527 g/mol. The predicted octanol–water partition coefficient (Wildman–Crippen LogP) is 6.11. The minimum atomic E-state index is -0.966. The van der Waals surface area contributed by atoms with Crippen molar-refractivity contribution < 1.29 is 18.3 Å². The molecule has 4 aromatic rings. The Labute approximate surface area is 224 Å². The molecule has 0 unspecified atom stereocenters. The molecule has 0 spiro atoms. The zero-order valence-corrected chi connectivity index (χ0v) is 21.5. The first-order valence-electron chi connectivity index (χ1n) is 13.0. The summed E-state index contributed by atoms with van der Waals surface area (Å²) >= 11 is 0. The molecule has 9 heteroatoms. The zero-order chi connectivity index (χ0) is 27.1. The lowest BCUT2D eigenvalue weighted by molar-refractivity contribution is 0.102. The van der Waals surface area contributed by atoms with Crippen LogP contribution in [-0.4, -0.2) is 45.5 Å². The molecule has 0 radical (unpaired) electrons. The molecule has 1 fully saturated rings. The summed E-state index contributed by atoms with van der Waals surface area (Å²) in [5.74, 6) is -0.589. The van der Waals surface area contributed by atoms with E-state index >= 15 is 0 Å². The fourth-order valence-electron chi connectivity index (χ4n) is 5.58. The molecule has 2 aliphatic heterocycles. The highest BCUT2D eigenvalue weighted by Gasteiger charge is 2.36. The van der Waals surface area contributed by atoms with Gasteiger partial charge in [0.2, 0.25) is 0 Å². The molecule has 3 aromatic carbocycles. The highest BCUT2D eigenvalue weighted by Crippen LogP contribution is 2.37. The summed E-state index contributed by atoms with van der Waals surface area (Å²) in [6.45, 7) is 3.34. The van der Waals surface area contributed by atoms with Crippen molar-refractivity contribution in [1.82, 2.24) is 19.8 Å². The molecule has 0 saturated carbocycles. The SMILES string of the molecule is Cc1nc2ccc(-c3ccc4c(c3)CN(C(=O)N3CC[C@@H](C#N)C[C@@H]3c3ccc(F)c(F)c3)CCO4)cc2[nH]1. The Bertz CT molecular complexity index is 1610. The minimum absolute atomic E-state index is 0.211. The molecular formula is C30H27F2N5O2.